The second-order valence-corrected chi connectivity index (χ2v) is 9.02. The van der Waals surface area contributed by atoms with E-state index in [0.717, 1.165) is 22.5 Å². The molecule has 1 fully saturated rings. The normalized spacial score (nSPS) is 14.2. The van der Waals surface area contributed by atoms with E-state index < -0.39 is 0 Å². The fourth-order valence-electron chi connectivity index (χ4n) is 3.31. The van der Waals surface area contributed by atoms with Gasteiger partial charge in [0.25, 0.3) is 0 Å². The summed E-state index contributed by atoms with van der Waals surface area (Å²) in [5.41, 5.74) is 15.0. The summed E-state index contributed by atoms with van der Waals surface area (Å²) in [6.45, 7) is 5.75. The van der Waals surface area contributed by atoms with Gasteiger partial charge in [-0.3, -0.25) is 31.3 Å². The van der Waals surface area contributed by atoms with Gasteiger partial charge in [-0.15, -0.1) is 0 Å². The summed E-state index contributed by atoms with van der Waals surface area (Å²) in [7, 11) is 0. The van der Waals surface area contributed by atoms with Gasteiger partial charge in [0.1, 0.15) is 0 Å². The molecule has 0 aliphatic carbocycles. The van der Waals surface area contributed by atoms with Gasteiger partial charge in [-0.05, 0) is 59.8 Å². The zero-order valence-corrected chi connectivity index (χ0v) is 22.7. The van der Waals surface area contributed by atoms with Crippen molar-refractivity contribution in [3.8, 4) is 0 Å². The Morgan fingerprint density at radius 3 is 1.34 bits per heavy atom. The Morgan fingerprint density at radius 1 is 0.684 bits per heavy atom. The number of carbonyl (C=O) groups excluding carboxylic acids is 2. The maximum absolute atomic E-state index is 11.1. The monoisotopic (exact) mass is 554 g/mol. The Morgan fingerprint density at radius 2 is 1.03 bits per heavy atom. The number of amides is 2. The molecule has 0 radical (unpaired) electrons. The van der Waals surface area contributed by atoms with Crippen molar-refractivity contribution in [1.82, 2.24) is 31.7 Å². The van der Waals surface area contributed by atoms with E-state index in [-0.39, 0.29) is 11.8 Å². The maximum atomic E-state index is 11.1. The molecule has 12 nitrogen and oxygen atoms in total. The Bertz CT molecular complexity index is 1080. The van der Waals surface area contributed by atoms with Crippen LogP contribution in [0.4, 0.5) is 11.4 Å². The number of nitrogens with one attached hydrogen (secondary N) is 6. The first kappa shape index (κ1) is 28.6. The van der Waals surface area contributed by atoms with Gasteiger partial charge >= 0.3 is 0 Å². The number of hydrazone groups is 2. The molecule has 2 aromatic carbocycles. The fraction of sp³-hybridized carbons (Fsp3) is 0.250. The number of hydrogen-bond donors (Lipinski definition) is 6. The molecule has 1 heterocycles. The largest absolute Gasteiger partial charge is 0.326 e. The molecule has 0 bridgehead atoms. The zero-order chi connectivity index (χ0) is 27.3. The van der Waals surface area contributed by atoms with E-state index in [0.29, 0.717) is 36.4 Å². The molecule has 38 heavy (non-hydrogen) atoms. The van der Waals surface area contributed by atoms with E-state index in [1.165, 1.54) is 13.8 Å². The van der Waals surface area contributed by atoms with Crippen molar-refractivity contribution >= 4 is 70.3 Å². The summed E-state index contributed by atoms with van der Waals surface area (Å²) in [4.78, 5) is 22.2. The highest BCUT2D eigenvalue weighted by Crippen LogP contribution is 2.08. The van der Waals surface area contributed by atoms with Crippen LogP contribution < -0.4 is 32.3 Å². The Hall–Kier alpha value is -3.98. The summed E-state index contributed by atoms with van der Waals surface area (Å²) in [5.74, 6) is -0.233. The maximum Gasteiger partial charge on any atom is 0.221 e. The Kier molecular flexibility index (Phi) is 11.0. The molecule has 1 aliphatic rings. The van der Waals surface area contributed by atoms with Crippen LogP contribution in [0.3, 0.4) is 0 Å². The lowest BCUT2D eigenvalue weighted by molar-refractivity contribution is -0.115. The molecular weight excluding hydrogens is 524 g/mol. The lowest BCUT2D eigenvalue weighted by atomic mass is 10.2. The van der Waals surface area contributed by atoms with E-state index in [9.17, 15) is 9.59 Å². The first-order chi connectivity index (χ1) is 18.3. The smallest absolute Gasteiger partial charge is 0.221 e. The van der Waals surface area contributed by atoms with Crippen LogP contribution in [0.1, 0.15) is 25.0 Å². The lowest BCUT2D eigenvalue weighted by Crippen LogP contribution is -2.59. The molecule has 200 valence electrons. The van der Waals surface area contributed by atoms with Gasteiger partial charge in [0.15, 0.2) is 0 Å². The van der Waals surface area contributed by atoms with Gasteiger partial charge in [-0.25, -0.2) is 10.0 Å². The molecule has 3 rings (SSSR count). The van der Waals surface area contributed by atoms with Crippen molar-refractivity contribution in [2.24, 2.45) is 10.2 Å². The second-order valence-electron chi connectivity index (χ2n) is 8.20. The Balaban J connectivity index is 1.31. The highest BCUT2D eigenvalue weighted by molar-refractivity contribution is 7.80. The minimum absolute atomic E-state index is 0.116. The number of anilines is 2. The van der Waals surface area contributed by atoms with Crippen molar-refractivity contribution in [3.05, 3.63) is 59.7 Å². The third kappa shape index (κ3) is 10.6. The number of benzene rings is 2. The van der Waals surface area contributed by atoms with Gasteiger partial charge in [0.05, 0.1) is 12.4 Å². The van der Waals surface area contributed by atoms with Crippen LogP contribution in [0.2, 0.25) is 0 Å². The predicted octanol–water partition coefficient (Wildman–Crippen LogP) is 1.35. The van der Waals surface area contributed by atoms with Gasteiger partial charge in [-0.1, -0.05) is 24.3 Å². The number of hydrogen-bond acceptors (Lipinski definition) is 8. The second kappa shape index (κ2) is 14.7. The molecule has 0 aromatic heterocycles. The summed E-state index contributed by atoms with van der Waals surface area (Å²) in [5, 5.41) is 18.5. The molecule has 6 N–H and O–H groups in total. The number of carbonyl (C=O) groups is 2. The van der Waals surface area contributed by atoms with Gasteiger partial charge in [0, 0.05) is 51.4 Å². The van der Waals surface area contributed by atoms with Crippen molar-refractivity contribution in [2.45, 2.75) is 13.8 Å². The number of thiocarbonyl (C=S) groups is 2. The lowest BCUT2D eigenvalue weighted by Gasteiger charge is -2.35. The number of nitrogens with zero attached hydrogens (tertiary/aromatic N) is 4. The van der Waals surface area contributed by atoms with Gasteiger partial charge < -0.3 is 10.6 Å². The van der Waals surface area contributed by atoms with Crippen LogP contribution >= 0.6 is 24.4 Å². The molecule has 0 spiro atoms. The van der Waals surface area contributed by atoms with Crippen molar-refractivity contribution in [3.63, 3.8) is 0 Å². The summed E-state index contributed by atoms with van der Waals surface area (Å²) in [6, 6.07) is 14.6. The topological polar surface area (TPSA) is 138 Å². The van der Waals surface area contributed by atoms with E-state index in [2.05, 4.69) is 42.5 Å². The third-order valence-electron chi connectivity index (χ3n) is 5.02. The summed E-state index contributed by atoms with van der Waals surface area (Å²) in [6.07, 6.45) is 3.29. The SMILES string of the molecule is CC(=O)Nc1ccc(C=NNC(=S)NN2CCN(NC(=S)N/N=C\c3ccc(NC(C)=O)cc3)CC2)cc1. The first-order valence-electron chi connectivity index (χ1n) is 11.7. The minimum Gasteiger partial charge on any atom is -0.326 e. The molecule has 2 aromatic rings. The van der Waals surface area contributed by atoms with Crippen LogP contribution in [0.25, 0.3) is 0 Å². The average molecular weight is 555 g/mol. The van der Waals surface area contributed by atoms with Crippen molar-refractivity contribution in [2.75, 3.05) is 36.8 Å². The third-order valence-corrected chi connectivity index (χ3v) is 5.39. The fourth-order valence-corrected chi connectivity index (χ4v) is 3.67. The number of hydrazine groups is 2. The molecule has 0 atom stereocenters. The molecule has 0 unspecified atom stereocenters. The van der Waals surface area contributed by atoms with Crippen LogP contribution in [0.5, 0.6) is 0 Å². The highest BCUT2D eigenvalue weighted by atomic mass is 32.1. The molecule has 2 amide bonds. The van der Waals surface area contributed by atoms with Gasteiger partial charge in [-0.2, -0.15) is 10.2 Å². The van der Waals surface area contributed by atoms with E-state index in [1.54, 1.807) is 36.7 Å². The van der Waals surface area contributed by atoms with Crippen LogP contribution in [-0.4, -0.2) is 70.7 Å². The zero-order valence-electron chi connectivity index (χ0n) is 21.0. The quantitative estimate of drug-likeness (QED) is 0.161. The van der Waals surface area contributed by atoms with Gasteiger partial charge in [0.2, 0.25) is 22.0 Å². The minimum atomic E-state index is -0.116. The van der Waals surface area contributed by atoms with Crippen LogP contribution in [0, 0.1) is 0 Å². The van der Waals surface area contributed by atoms with Crippen LogP contribution in [0.15, 0.2) is 58.7 Å². The van der Waals surface area contributed by atoms with E-state index in [1.807, 2.05) is 34.3 Å². The predicted molar refractivity (Wildman–Crippen MR) is 158 cm³/mol. The van der Waals surface area contributed by atoms with Crippen molar-refractivity contribution in [1.29, 1.82) is 0 Å². The first-order valence-corrected chi connectivity index (χ1v) is 12.5. The molecule has 1 saturated heterocycles. The Labute approximate surface area is 231 Å². The number of piperazine rings is 1. The summed E-state index contributed by atoms with van der Waals surface area (Å²) < 4.78 is 0. The summed E-state index contributed by atoms with van der Waals surface area (Å²) >= 11 is 10.6. The average Bonchev–Trinajstić information content (AvgIpc) is 2.87. The van der Waals surface area contributed by atoms with Crippen LogP contribution in [-0.2, 0) is 9.59 Å². The standard InChI is InChI=1S/C24H30N10O2S2/c1-17(35)27-21-7-3-19(4-8-21)15-25-29-23(37)31-33-11-13-34(14-12-33)32-24(38)30-26-16-20-5-9-22(10-6-20)28-18(2)36/h3-10,15-16H,11-14H2,1-2H3,(H,27,35)(H,28,36)(H2,29,31,37)(H2,30,32,38)/b25-15-,26-16?. The molecule has 14 heteroatoms. The van der Waals surface area contributed by atoms with E-state index in [4.69, 9.17) is 24.4 Å². The molecule has 1 aliphatic heterocycles. The molecular formula is C24H30N10O2S2. The molecule has 0 saturated carbocycles. The number of rotatable bonds is 8. The van der Waals surface area contributed by atoms with E-state index >= 15 is 0 Å². The highest BCUT2D eigenvalue weighted by Gasteiger charge is 2.17. The van der Waals surface area contributed by atoms with Crippen molar-refractivity contribution < 1.29 is 9.59 Å².